The summed E-state index contributed by atoms with van der Waals surface area (Å²) in [6.07, 6.45) is -3.95. The van der Waals surface area contributed by atoms with E-state index in [0.29, 0.717) is 0 Å². The Morgan fingerprint density at radius 1 is 1.11 bits per heavy atom. The van der Waals surface area contributed by atoms with Gasteiger partial charge in [0, 0.05) is 11.6 Å². The first-order valence-electron chi connectivity index (χ1n) is 9.52. The normalized spacial score (nSPS) is 12.3. The van der Waals surface area contributed by atoms with Crippen LogP contribution in [0.3, 0.4) is 0 Å². The largest absolute Gasteiger partial charge is 0.574 e. The molecule has 0 aliphatic rings. The molecule has 1 aromatic carbocycles. The first-order valence-corrected chi connectivity index (χ1v) is 10.3. The molecule has 0 saturated heterocycles. The van der Waals surface area contributed by atoms with E-state index in [1.165, 1.54) is 42.2 Å². The number of carbonyl (C=O) groups excluding carboxylic acids is 2. The molecule has 0 saturated carbocycles. The van der Waals surface area contributed by atoms with Gasteiger partial charge in [-0.25, -0.2) is 9.97 Å². The molecule has 0 spiro atoms. The van der Waals surface area contributed by atoms with Gasteiger partial charge in [0.15, 0.2) is 5.13 Å². The Hall–Kier alpha value is -4.01. The van der Waals surface area contributed by atoms with Crippen LogP contribution in [-0.4, -0.2) is 40.7 Å². The van der Waals surface area contributed by atoms with E-state index in [1.807, 2.05) is 0 Å². The van der Waals surface area contributed by atoms with Crippen LogP contribution in [0.4, 0.5) is 38.6 Å². The Balaban J connectivity index is 1.93. The fourth-order valence-electron chi connectivity index (χ4n) is 2.83. The van der Waals surface area contributed by atoms with Gasteiger partial charge in [0.1, 0.15) is 22.5 Å². The van der Waals surface area contributed by atoms with Crippen LogP contribution in [0.15, 0.2) is 42.6 Å². The third-order valence-electron chi connectivity index (χ3n) is 4.41. The van der Waals surface area contributed by atoms with Crippen LogP contribution in [0, 0.1) is 0 Å². The van der Waals surface area contributed by atoms with Gasteiger partial charge < -0.3 is 25.8 Å². The Morgan fingerprint density at radius 2 is 1.77 bits per heavy atom. The van der Waals surface area contributed by atoms with E-state index in [9.17, 15) is 31.5 Å². The van der Waals surface area contributed by atoms with Crippen molar-refractivity contribution in [2.45, 2.75) is 25.9 Å². The summed E-state index contributed by atoms with van der Waals surface area (Å²) in [5.41, 5.74) is 11.5. The number of benzene rings is 1. The van der Waals surface area contributed by atoms with Crippen LogP contribution in [0.5, 0.6) is 11.6 Å². The van der Waals surface area contributed by atoms with Crippen LogP contribution < -0.4 is 25.8 Å². The first kappa shape index (κ1) is 25.6. The van der Waals surface area contributed by atoms with Crippen molar-refractivity contribution in [3.05, 3.63) is 53.0 Å². The molecular weight excluding hydrogens is 501 g/mol. The summed E-state index contributed by atoms with van der Waals surface area (Å²) in [5.74, 6) is -2.48. The molecule has 35 heavy (non-hydrogen) atoms. The van der Waals surface area contributed by atoms with Crippen molar-refractivity contribution in [1.82, 2.24) is 9.97 Å². The number of halogens is 5. The van der Waals surface area contributed by atoms with Crippen LogP contribution in [0.25, 0.3) is 0 Å². The molecule has 0 aliphatic heterocycles. The van der Waals surface area contributed by atoms with Crippen molar-refractivity contribution >= 4 is 39.7 Å². The summed E-state index contributed by atoms with van der Waals surface area (Å²) in [5, 5.41) is 0.0288. The number of aromatic nitrogens is 2. The molecule has 1 atom stereocenters. The van der Waals surface area contributed by atoms with Crippen LogP contribution in [0.2, 0.25) is 0 Å². The van der Waals surface area contributed by atoms with E-state index in [-0.39, 0.29) is 32.8 Å². The lowest BCUT2D eigenvalue weighted by atomic mass is 10.1. The summed E-state index contributed by atoms with van der Waals surface area (Å²) < 4.78 is 69.9. The molecule has 0 bridgehead atoms. The molecule has 15 heteroatoms. The number of nitrogens with two attached hydrogens (primary N) is 2. The molecule has 1 unspecified atom stereocenters. The summed E-state index contributed by atoms with van der Waals surface area (Å²) in [4.78, 5) is 33.7. The molecule has 186 valence electrons. The average Bonchev–Trinajstić information content (AvgIpc) is 3.14. The maximum absolute atomic E-state index is 12.9. The van der Waals surface area contributed by atoms with Gasteiger partial charge in [0.2, 0.25) is 17.6 Å². The summed E-state index contributed by atoms with van der Waals surface area (Å²) in [6.45, 7) is -1.62. The highest BCUT2D eigenvalue weighted by Crippen LogP contribution is 2.36. The molecule has 3 aromatic rings. The zero-order chi connectivity index (χ0) is 25.9. The summed E-state index contributed by atoms with van der Waals surface area (Å²) >= 11 is 0.782. The number of anilines is 3. The number of ketones is 1. The molecule has 9 nitrogen and oxygen atoms in total. The number of amides is 1. The van der Waals surface area contributed by atoms with Gasteiger partial charge in [0.05, 0.1) is 11.9 Å². The fraction of sp³-hybridized carbons (Fsp3) is 0.200. The third-order valence-corrected chi connectivity index (χ3v) is 5.48. The smallest absolute Gasteiger partial charge is 0.435 e. The second-order valence-electron chi connectivity index (χ2n) is 6.79. The van der Waals surface area contributed by atoms with E-state index >= 15 is 0 Å². The lowest BCUT2D eigenvalue weighted by molar-refractivity contribution is -0.276. The number of ether oxygens (including phenoxy) is 2. The van der Waals surface area contributed by atoms with Gasteiger partial charge in [-0.3, -0.25) is 9.59 Å². The molecule has 0 fully saturated rings. The van der Waals surface area contributed by atoms with E-state index in [2.05, 4.69) is 19.4 Å². The molecule has 0 aliphatic carbocycles. The van der Waals surface area contributed by atoms with Crippen molar-refractivity contribution in [2.24, 2.45) is 5.73 Å². The van der Waals surface area contributed by atoms with Gasteiger partial charge in [-0.1, -0.05) is 11.3 Å². The Morgan fingerprint density at radius 3 is 2.29 bits per heavy atom. The second kappa shape index (κ2) is 10.1. The number of thiazole rings is 1. The predicted molar refractivity (Wildman–Crippen MR) is 115 cm³/mol. The van der Waals surface area contributed by atoms with Gasteiger partial charge in [-0.2, -0.15) is 8.78 Å². The molecule has 4 N–H and O–H groups in total. The van der Waals surface area contributed by atoms with E-state index in [0.717, 1.165) is 23.6 Å². The highest BCUT2D eigenvalue weighted by Gasteiger charge is 2.32. The van der Waals surface area contributed by atoms with Gasteiger partial charge >= 0.3 is 13.0 Å². The number of nitrogens with zero attached hydrogens (tertiary/aromatic N) is 3. The number of hydrogen-bond donors (Lipinski definition) is 2. The topological polar surface area (TPSA) is 134 Å². The molecule has 2 heterocycles. The molecule has 0 radical (unpaired) electrons. The van der Waals surface area contributed by atoms with Crippen LogP contribution in [-0.2, 0) is 4.79 Å². The molecule has 1 amide bonds. The minimum Gasteiger partial charge on any atom is -0.435 e. The summed E-state index contributed by atoms with van der Waals surface area (Å²) in [7, 11) is 0. The van der Waals surface area contributed by atoms with E-state index in [1.54, 1.807) is 0 Å². The maximum atomic E-state index is 12.9. The van der Waals surface area contributed by atoms with Gasteiger partial charge in [-0.05, 0) is 37.3 Å². The van der Waals surface area contributed by atoms with Gasteiger partial charge in [0.25, 0.3) is 0 Å². The highest BCUT2D eigenvalue weighted by molar-refractivity contribution is 7.18. The number of rotatable bonds is 9. The first-order chi connectivity index (χ1) is 16.4. The Bertz CT molecular complexity index is 1200. The van der Waals surface area contributed by atoms with Gasteiger partial charge in [-0.15, -0.1) is 13.2 Å². The minimum absolute atomic E-state index is 0.0288. The molecule has 2 aromatic heterocycles. The highest BCUT2D eigenvalue weighted by atomic mass is 32.1. The number of nitrogen functional groups attached to an aromatic ring is 1. The number of hydrogen-bond acceptors (Lipinski definition) is 9. The fourth-order valence-corrected chi connectivity index (χ4v) is 3.87. The Labute approximate surface area is 198 Å². The zero-order valence-corrected chi connectivity index (χ0v) is 18.4. The number of alkyl halides is 5. The number of carbonyl (C=O) groups is 2. The minimum atomic E-state index is -4.95. The Kier molecular flexibility index (Phi) is 7.38. The molecular formula is C20H16F5N5O4S. The predicted octanol–water partition coefficient (Wildman–Crippen LogP) is 3.86. The average molecular weight is 517 g/mol. The van der Waals surface area contributed by atoms with Crippen molar-refractivity contribution in [3.63, 3.8) is 0 Å². The van der Waals surface area contributed by atoms with Crippen molar-refractivity contribution < 1.29 is 41.0 Å². The number of pyridine rings is 1. The SMILES string of the molecule is CC(C(N)=O)N(c1ccc(OC(F)(F)F)nc1)c1nc(N)c(C(=O)c2ccc(OC(F)F)cc2)s1. The third kappa shape index (κ3) is 6.32. The monoisotopic (exact) mass is 517 g/mol. The van der Waals surface area contributed by atoms with Crippen molar-refractivity contribution in [1.29, 1.82) is 0 Å². The lowest BCUT2D eigenvalue weighted by Crippen LogP contribution is -2.40. The lowest BCUT2D eigenvalue weighted by Gasteiger charge is -2.26. The van der Waals surface area contributed by atoms with E-state index in [4.69, 9.17) is 11.5 Å². The van der Waals surface area contributed by atoms with Crippen LogP contribution in [0.1, 0.15) is 22.2 Å². The van der Waals surface area contributed by atoms with Crippen LogP contribution >= 0.6 is 11.3 Å². The van der Waals surface area contributed by atoms with E-state index < -0.39 is 36.6 Å². The zero-order valence-electron chi connectivity index (χ0n) is 17.6. The molecule has 3 rings (SSSR count). The quantitative estimate of drug-likeness (QED) is 0.323. The van der Waals surface area contributed by atoms with Crippen molar-refractivity contribution in [3.8, 4) is 11.6 Å². The van der Waals surface area contributed by atoms with Crippen molar-refractivity contribution in [2.75, 3.05) is 10.6 Å². The number of primary amides is 1. The standard InChI is InChI=1S/C20H16F5N5O4S/c1-9(17(27)32)30(11-4-7-13(28-8-11)34-20(23,24)25)19-29-16(26)15(35-19)14(31)10-2-5-12(6-3-10)33-18(21)22/h2-9,18H,26H2,1H3,(H2,27,32). The maximum Gasteiger partial charge on any atom is 0.574 e. The second-order valence-corrected chi connectivity index (χ2v) is 7.77. The summed E-state index contributed by atoms with van der Waals surface area (Å²) in [6, 6.07) is 5.91.